The average molecular weight is 600 g/mol. The molecule has 1 unspecified atom stereocenters. The molecule has 2 aromatic carbocycles. The first-order valence-corrected chi connectivity index (χ1v) is 12.8. The van der Waals surface area contributed by atoms with Crippen LogP contribution in [0.5, 0.6) is 5.75 Å². The van der Waals surface area contributed by atoms with E-state index in [9.17, 15) is 18.0 Å². The minimum Gasteiger partial charge on any atom is -0.489 e. The van der Waals surface area contributed by atoms with Gasteiger partial charge < -0.3 is 14.9 Å². The summed E-state index contributed by atoms with van der Waals surface area (Å²) in [5, 5.41) is 17.1. The Balaban J connectivity index is 0.000000559. The minimum atomic E-state index is -5.08. The van der Waals surface area contributed by atoms with Crippen LogP contribution < -0.4 is 4.74 Å². The van der Waals surface area contributed by atoms with Gasteiger partial charge >= 0.3 is 18.1 Å². The maximum atomic E-state index is 10.9. The molecule has 0 fully saturated rings. The van der Waals surface area contributed by atoms with Crippen LogP contribution in [0.15, 0.2) is 48.7 Å². The van der Waals surface area contributed by atoms with E-state index in [-0.39, 0.29) is 12.3 Å². The van der Waals surface area contributed by atoms with E-state index in [1.54, 1.807) is 6.07 Å². The van der Waals surface area contributed by atoms with Gasteiger partial charge in [-0.25, -0.2) is 14.8 Å². The molecule has 0 saturated heterocycles. The third kappa shape index (κ3) is 9.07. The predicted molar refractivity (Wildman–Crippen MR) is 142 cm³/mol. The molecule has 214 valence electrons. The summed E-state index contributed by atoms with van der Waals surface area (Å²) in [5.41, 5.74) is 3.91. The third-order valence-electron chi connectivity index (χ3n) is 5.89. The Morgan fingerprint density at radius 1 is 1.12 bits per heavy atom. The number of carbonyl (C=O) groups is 2. The number of carboxylic acid groups (broad SMARTS) is 2. The van der Waals surface area contributed by atoms with E-state index in [0.29, 0.717) is 22.5 Å². The molecule has 8 nitrogen and oxygen atoms in total. The number of benzene rings is 2. The Morgan fingerprint density at radius 3 is 2.42 bits per heavy atom. The van der Waals surface area contributed by atoms with Crippen molar-refractivity contribution in [3.8, 4) is 17.1 Å². The number of fused-ring (bicyclic) bond motifs is 1. The van der Waals surface area contributed by atoms with E-state index >= 15 is 0 Å². The van der Waals surface area contributed by atoms with Gasteiger partial charge in [-0.3, -0.25) is 9.69 Å². The number of hydrogen-bond acceptors (Lipinski definition) is 6. The quantitative estimate of drug-likeness (QED) is 0.318. The number of hydrogen-bond donors (Lipinski definition) is 2. The van der Waals surface area contributed by atoms with Gasteiger partial charge in [0.15, 0.2) is 5.82 Å². The molecule has 1 aliphatic rings. The summed E-state index contributed by atoms with van der Waals surface area (Å²) in [7, 11) is 0. The molecular formula is C27H26Cl2F3N3O5. The van der Waals surface area contributed by atoms with Crippen LogP contribution in [0.25, 0.3) is 11.4 Å². The second-order valence-corrected chi connectivity index (χ2v) is 9.97. The first kappa shape index (κ1) is 31.1. The number of halogens is 5. The van der Waals surface area contributed by atoms with E-state index in [1.165, 1.54) is 0 Å². The van der Waals surface area contributed by atoms with Crippen LogP contribution in [-0.2, 0) is 29.2 Å². The van der Waals surface area contributed by atoms with Gasteiger partial charge in [0, 0.05) is 55.4 Å². The van der Waals surface area contributed by atoms with Crippen molar-refractivity contribution in [1.29, 1.82) is 0 Å². The van der Waals surface area contributed by atoms with Crippen LogP contribution >= 0.6 is 23.2 Å². The van der Waals surface area contributed by atoms with Crippen molar-refractivity contribution in [2.45, 2.75) is 39.1 Å². The fourth-order valence-corrected chi connectivity index (χ4v) is 4.37. The summed E-state index contributed by atoms with van der Waals surface area (Å²) in [6, 6.07) is 13.2. The maximum absolute atomic E-state index is 10.9. The molecule has 1 atom stereocenters. The molecule has 0 radical (unpaired) electrons. The molecule has 2 heterocycles. The van der Waals surface area contributed by atoms with Crippen molar-refractivity contribution in [1.82, 2.24) is 14.9 Å². The van der Waals surface area contributed by atoms with Gasteiger partial charge in [-0.15, -0.1) is 0 Å². The van der Waals surface area contributed by atoms with Crippen LogP contribution in [0.1, 0.15) is 30.2 Å². The Hall–Kier alpha value is -3.41. The molecule has 0 amide bonds. The fourth-order valence-electron chi connectivity index (χ4n) is 3.99. The topological polar surface area (TPSA) is 113 Å². The molecule has 0 spiro atoms. The number of nitrogens with zero attached hydrogens (tertiary/aromatic N) is 3. The van der Waals surface area contributed by atoms with Crippen molar-refractivity contribution >= 4 is 35.1 Å². The fraction of sp³-hybridized carbons (Fsp3) is 0.333. The van der Waals surface area contributed by atoms with Crippen LogP contribution in [0.2, 0.25) is 10.0 Å². The Kier molecular flexibility index (Phi) is 10.7. The summed E-state index contributed by atoms with van der Waals surface area (Å²) in [6.07, 6.45) is -2.19. The minimum absolute atomic E-state index is 0.111. The molecular weight excluding hydrogens is 574 g/mol. The second-order valence-electron chi connectivity index (χ2n) is 9.18. The highest BCUT2D eigenvalue weighted by molar-refractivity contribution is 6.42. The zero-order chi connectivity index (χ0) is 29.4. The van der Waals surface area contributed by atoms with Gasteiger partial charge in [0.2, 0.25) is 0 Å². The number of aromatic nitrogens is 2. The number of rotatable bonds is 8. The lowest BCUT2D eigenvalue weighted by Crippen LogP contribution is -2.35. The Labute approximate surface area is 238 Å². The molecule has 3 aromatic rings. The Morgan fingerprint density at radius 2 is 1.80 bits per heavy atom. The first-order chi connectivity index (χ1) is 18.8. The first-order valence-electron chi connectivity index (χ1n) is 12.1. The standard InChI is InChI=1S/C25H25Cl2N3O3.C2HF3O2/c1-16(11-23(31)32)13-30-10-9-22-19(14-30)12-28-25(29-22)17-5-7-20(8-6-17)33-15-18-3-2-4-21(26)24(18)27;3-2(4,5)1(6)7/h2-8,12,16H,9-11,13-15H2,1H3,(H,31,32);(H,6,7). The van der Waals surface area contributed by atoms with Crippen LogP contribution in [0, 0.1) is 5.92 Å². The molecule has 0 aliphatic carbocycles. The lowest BCUT2D eigenvalue weighted by Gasteiger charge is -2.29. The van der Waals surface area contributed by atoms with E-state index in [1.807, 2.05) is 49.5 Å². The summed E-state index contributed by atoms with van der Waals surface area (Å²) in [4.78, 5) is 31.4. The average Bonchev–Trinajstić information content (AvgIpc) is 2.89. The Bertz CT molecular complexity index is 1340. The van der Waals surface area contributed by atoms with Crippen LogP contribution in [0.3, 0.4) is 0 Å². The van der Waals surface area contributed by atoms with Gasteiger partial charge in [0.05, 0.1) is 15.7 Å². The van der Waals surface area contributed by atoms with Gasteiger partial charge in [-0.1, -0.05) is 42.3 Å². The number of carboxylic acids is 2. The number of ether oxygens (including phenoxy) is 1. The van der Waals surface area contributed by atoms with Crippen LogP contribution in [0.4, 0.5) is 13.2 Å². The van der Waals surface area contributed by atoms with Crippen molar-refractivity contribution in [2.75, 3.05) is 13.1 Å². The van der Waals surface area contributed by atoms with E-state index in [0.717, 1.165) is 54.2 Å². The zero-order valence-corrected chi connectivity index (χ0v) is 22.8. The van der Waals surface area contributed by atoms with Gasteiger partial charge in [0.25, 0.3) is 0 Å². The summed E-state index contributed by atoms with van der Waals surface area (Å²) in [5.74, 6) is -1.99. The molecule has 1 aliphatic heterocycles. The summed E-state index contributed by atoms with van der Waals surface area (Å²) >= 11 is 12.3. The van der Waals surface area contributed by atoms with Crippen LogP contribution in [-0.4, -0.2) is 56.3 Å². The number of alkyl halides is 3. The second kappa shape index (κ2) is 13.8. The normalized spacial score (nSPS) is 13.9. The van der Waals surface area contributed by atoms with Crippen molar-refractivity contribution < 1.29 is 37.7 Å². The van der Waals surface area contributed by atoms with Crippen molar-refractivity contribution in [2.24, 2.45) is 5.92 Å². The van der Waals surface area contributed by atoms with Gasteiger partial charge in [-0.05, 0) is 36.2 Å². The molecule has 4 rings (SSSR count). The van der Waals surface area contributed by atoms with E-state index in [4.69, 9.17) is 47.9 Å². The predicted octanol–water partition coefficient (Wildman–Crippen LogP) is 6.13. The van der Waals surface area contributed by atoms with E-state index < -0.39 is 18.1 Å². The molecule has 40 heavy (non-hydrogen) atoms. The van der Waals surface area contributed by atoms with Gasteiger partial charge in [-0.2, -0.15) is 13.2 Å². The maximum Gasteiger partial charge on any atom is 0.490 e. The molecule has 0 bridgehead atoms. The highest BCUT2D eigenvalue weighted by Gasteiger charge is 2.38. The van der Waals surface area contributed by atoms with Crippen molar-refractivity contribution in [3.63, 3.8) is 0 Å². The molecule has 1 aromatic heterocycles. The molecule has 0 saturated carbocycles. The zero-order valence-electron chi connectivity index (χ0n) is 21.3. The smallest absolute Gasteiger partial charge is 0.489 e. The summed E-state index contributed by atoms with van der Waals surface area (Å²) in [6.45, 7) is 4.68. The monoisotopic (exact) mass is 599 g/mol. The SMILES string of the molecule is CC(CC(=O)O)CN1CCc2nc(-c3ccc(OCc4cccc(Cl)c4Cl)cc3)ncc2C1.O=C(O)C(F)(F)F. The van der Waals surface area contributed by atoms with Gasteiger partial charge in [0.1, 0.15) is 12.4 Å². The van der Waals surface area contributed by atoms with Crippen molar-refractivity contribution in [3.05, 3.63) is 75.5 Å². The largest absolute Gasteiger partial charge is 0.490 e. The highest BCUT2D eigenvalue weighted by Crippen LogP contribution is 2.28. The van der Waals surface area contributed by atoms with E-state index in [2.05, 4.69) is 9.88 Å². The lowest BCUT2D eigenvalue weighted by molar-refractivity contribution is -0.192. The third-order valence-corrected chi connectivity index (χ3v) is 6.74. The highest BCUT2D eigenvalue weighted by atomic mass is 35.5. The molecule has 2 N–H and O–H groups in total. The molecule has 13 heteroatoms. The summed E-state index contributed by atoms with van der Waals surface area (Å²) < 4.78 is 37.6. The number of aliphatic carboxylic acids is 2. The lowest BCUT2D eigenvalue weighted by atomic mass is 10.0.